The summed E-state index contributed by atoms with van der Waals surface area (Å²) in [6.45, 7) is 0. The van der Waals surface area contributed by atoms with Crippen LogP contribution in [0.5, 0.6) is 5.75 Å². The fourth-order valence-electron chi connectivity index (χ4n) is 1.74. The first kappa shape index (κ1) is 13.2. The molecule has 0 unspecified atom stereocenters. The number of ketones is 1. The van der Waals surface area contributed by atoms with Crippen LogP contribution in [0, 0.1) is 0 Å². The number of halogens is 1. The molecular formula is C14H13ClN2O2. The van der Waals surface area contributed by atoms with Crippen molar-refractivity contribution in [1.82, 2.24) is 0 Å². The highest BCUT2D eigenvalue weighted by Crippen LogP contribution is 2.27. The van der Waals surface area contributed by atoms with Crippen molar-refractivity contribution in [1.29, 1.82) is 0 Å². The minimum atomic E-state index is -0.245. The van der Waals surface area contributed by atoms with Crippen LogP contribution in [-0.4, -0.2) is 12.9 Å². The SMILES string of the molecule is COc1ccc(C(=O)c2ccc(N)cc2N)c(Cl)c1. The first-order valence-corrected chi connectivity index (χ1v) is 5.94. The van der Waals surface area contributed by atoms with Gasteiger partial charge in [-0.15, -0.1) is 0 Å². The lowest BCUT2D eigenvalue weighted by molar-refractivity contribution is 0.103. The Hall–Kier alpha value is -2.20. The van der Waals surface area contributed by atoms with Gasteiger partial charge >= 0.3 is 0 Å². The molecule has 0 amide bonds. The predicted molar refractivity (Wildman–Crippen MR) is 76.7 cm³/mol. The third-order valence-corrected chi connectivity index (χ3v) is 3.05. The number of ether oxygens (including phenoxy) is 1. The summed E-state index contributed by atoms with van der Waals surface area (Å²) >= 11 is 6.07. The zero-order valence-corrected chi connectivity index (χ0v) is 11.1. The van der Waals surface area contributed by atoms with Gasteiger partial charge in [-0.05, 0) is 36.4 Å². The lowest BCUT2D eigenvalue weighted by Gasteiger charge is -2.08. The maximum absolute atomic E-state index is 12.4. The molecule has 0 radical (unpaired) electrons. The van der Waals surface area contributed by atoms with E-state index in [2.05, 4.69) is 0 Å². The normalized spacial score (nSPS) is 10.2. The molecule has 0 saturated heterocycles. The van der Waals surface area contributed by atoms with Gasteiger partial charge in [0.15, 0.2) is 5.78 Å². The van der Waals surface area contributed by atoms with Gasteiger partial charge in [-0.3, -0.25) is 4.79 Å². The molecule has 2 aromatic rings. The maximum atomic E-state index is 12.4. The van der Waals surface area contributed by atoms with Gasteiger partial charge in [0, 0.05) is 22.5 Å². The lowest BCUT2D eigenvalue weighted by Crippen LogP contribution is -2.06. The molecule has 0 fully saturated rings. The number of benzene rings is 2. The average Bonchev–Trinajstić information content (AvgIpc) is 2.37. The monoisotopic (exact) mass is 276 g/mol. The molecule has 19 heavy (non-hydrogen) atoms. The fraction of sp³-hybridized carbons (Fsp3) is 0.0714. The molecule has 0 aromatic heterocycles. The zero-order chi connectivity index (χ0) is 14.0. The summed E-state index contributed by atoms with van der Waals surface area (Å²) in [5.74, 6) is 0.344. The second-order valence-electron chi connectivity index (χ2n) is 4.02. The molecule has 0 aliphatic heterocycles. The van der Waals surface area contributed by atoms with E-state index in [9.17, 15) is 4.79 Å². The van der Waals surface area contributed by atoms with Crippen molar-refractivity contribution in [2.45, 2.75) is 0 Å². The molecule has 0 heterocycles. The highest BCUT2D eigenvalue weighted by molar-refractivity contribution is 6.35. The molecule has 5 heteroatoms. The molecule has 4 nitrogen and oxygen atoms in total. The molecule has 0 atom stereocenters. The number of carbonyl (C=O) groups excluding carboxylic acids is 1. The zero-order valence-electron chi connectivity index (χ0n) is 10.3. The van der Waals surface area contributed by atoms with Gasteiger partial charge in [0.2, 0.25) is 0 Å². The van der Waals surface area contributed by atoms with E-state index in [0.29, 0.717) is 33.3 Å². The number of anilines is 2. The van der Waals surface area contributed by atoms with Crippen LogP contribution in [0.15, 0.2) is 36.4 Å². The number of hydrogen-bond donors (Lipinski definition) is 2. The number of rotatable bonds is 3. The van der Waals surface area contributed by atoms with Crippen molar-refractivity contribution in [3.8, 4) is 5.75 Å². The Balaban J connectivity index is 2.44. The number of hydrogen-bond acceptors (Lipinski definition) is 4. The van der Waals surface area contributed by atoms with Crippen molar-refractivity contribution < 1.29 is 9.53 Å². The fourth-order valence-corrected chi connectivity index (χ4v) is 2.00. The van der Waals surface area contributed by atoms with Crippen LogP contribution in [0.4, 0.5) is 11.4 Å². The van der Waals surface area contributed by atoms with Crippen LogP contribution >= 0.6 is 11.6 Å². The summed E-state index contributed by atoms with van der Waals surface area (Å²) in [6.07, 6.45) is 0. The summed E-state index contributed by atoms with van der Waals surface area (Å²) in [6, 6.07) is 9.63. The van der Waals surface area contributed by atoms with E-state index in [-0.39, 0.29) is 5.78 Å². The Morgan fingerprint density at radius 3 is 2.37 bits per heavy atom. The van der Waals surface area contributed by atoms with Gasteiger partial charge in [0.25, 0.3) is 0 Å². The van der Waals surface area contributed by atoms with Crippen molar-refractivity contribution >= 4 is 28.8 Å². The quantitative estimate of drug-likeness (QED) is 0.667. The van der Waals surface area contributed by atoms with E-state index >= 15 is 0 Å². The number of methoxy groups -OCH3 is 1. The van der Waals surface area contributed by atoms with Gasteiger partial charge in [-0.25, -0.2) is 0 Å². The standard InChI is InChI=1S/C14H13ClN2O2/c1-19-9-3-5-10(12(15)7-9)14(18)11-4-2-8(16)6-13(11)17/h2-7H,16-17H2,1H3. The van der Waals surface area contributed by atoms with Crippen LogP contribution in [0.25, 0.3) is 0 Å². The minimum absolute atomic E-state index is 0.245. The van der Waals surface area contributed by atoms with E-state index < -0.39 is 0 Å². The molecule has 4 N–H and O–H groups in total. The summed E-state index contributed by atoms with van der Waals surface area (Å²) in [7, 11) is 1.53. The lowest BCUT2D eigenvalue weighted by atomic mass is 10.0. The van der Waals surface area contributed by atoms with E-state index in [1.54, 1.807) is 36.4 Å². The molecule has 2 rings (SSSR count). The molecule has 0 aliphatic rings. The summed E-state index contributed by atoms with van der Waals surface area (Å²) < 4.78 is 5.04. The van der Waals surface area contributed by atoms with Crippen LogP contribution in [0.3, 0.4) is 0 Å². The smallest absolute Gasteiger partial charge is 0.196 e. The van der Waals surface area contributed by atoms with Crippen molar-refractivity contribution in [2.24, 2.45) is 0 Å². The molecule has 0 spiro atoms. The maximum Gasteiger partial charge on any atom is 0.196 e. The molecule has 2 aromatic carbocycles. The Morgan fingerprint density at radius 1 is 1.11 bits per heavy atom. The Morgan fingerprint density at radius 2 is 1.79 bits per heavy atom. The van der Waals surface area contributed by atoms with E-state index in [1.807, 2.05) is 0 Å². The van der Waals surface area contributed by atoms with Gasteiger partial charge in [-0.2, -0.15) is 0 Å². The van der Waals surface area contributed by atoms with Gasteiger partial charge < -0.3 is 16.2 Å². The number of nitrogen functional groups attached to an aromatic ring is 2. The predicted octanol–water partition coefficient (Wildman–Crippen LogP) is 2.74. The summed E-state index contributed by atoms with van der Waals surface area (Å²) in [5.41, 5.74) is 13.0. The molecule has 98 valence electrons. The first-order chi connectivity index (χ1) is 9.02. The van der Waals surface area contributed by atoms with Crippen LogP contribution in [0.2, 0.25) is 5.02 Å². The molecule has 0 bridgehead atoms. The van der Waals surface area contributed by atoms with Gasteiger partial charge in [0.1, 0.15) is 5.75 Å². The van der Waals surface area contributed by atoms with Crippen molar-refractivity contribution in [3.05, 3.63) is 52.5 Å². The number of carbonyl (C=O) groups is 1. The average molecular weight is 277 g/mol. The van der Waals surface area contributed by atoms with Crippen molar-refractivity contribution in [3.63, 3.8) is 0 Å². The minimum Gasteiger partial charge on any atom is -0.497 e. The molecule has 0 saturated carbocycles. The van der Waals surface area contributed by atoms with Crippen LogP contribution in [0.1, 0.15) is 15.9 Å². The summed E-state index contributed by atoms with van der Waals surface area (Å²) in [4.78, 5) is 12.4. The van der Waals surface area contributed by atoms with E-state index in [1.165, 1.54) is 7.11 Å². The third kappa shape index (κ3) is 2.63. The summed E-state index contributed by atoms with van der Waals surface area (Å²) in [5, 5.41) is 0.320. The molecular weight excluding hydrogens is 264 g/mol. The second kappa shape index (κ2) is 5.20. The Kier molecular flexibility index (Phi) is 3.62. The van der Waals surface area contributed by atoms with Gasteiger partial charge in [-0.1, -0.05) is 11.6 Å². The first-order valence-electron chi connectivity index (χ1n) is 5.56. The highest BCUT2D eigenvalue weighted by Gasteiger charge is 2.16. The third-order valence-electron chi connectivity index (χ3n) is 2.74. The number of nitrogens with two attached hydrogens (primary N) is 2. The molecule has 0 aliphatic carbocycles. The largest absolute Gasteiger partial charge is 0.497 e. The van der Waals surface area contributed by atoms with E-state index in [0.717, 1.165) is 0 Å². The van der Waals surface area contributed by atoms with Crippen molar-refractivity contribution in [2.75, 3.05) is 18.6 Å². The second-order valence-corrected chi connectivity index (χ2v) is 4.43. The van der Waals surface area contributed by atoms with Crippen LogP contribution in [-0.2, 0) is 0 Å². The topological polar surface area (TPSA) is 78.3 Å². The Labute approximate surface area is 115 Å². The van der Waals surface area contributed by atoms with E-state index in [4.69, 9.17) is 27.8 Å². The Bertz CT molecular complexity index is 641. The van der Waals surface area contributed by atoms with Gasteiger partial charge in [0.05, 0.1) is 12.1 Å². The van der Waals surface area contributed by atoms with Crippen LogP contribution < -0.4 is 16.2 Å². The highest BCUT2D eigenvalue weighted by atomic mass is 35.5.